The zero-order chi connectivity index (χ0) is 20.7. The van der Waals surface area contributed by atoms with Gasteiger partial charge in [0.2, 0.25) is 5.91 Å². The summed E-state index contributed by atoms with van der Waals surface area (Å²) in [5, 5.41) is 5.52. The molecule has 0 aliphatic carbocycles. The number of amides is 2. The van der Waals surface area contributed by atoms with E-state index in [-0.39, 0.29) is 17.7 Å². The largest absolute Gasteiger partial charge is 0.497 e. The lowest BCUT2D eigenvalue weighted by atomic mass is 10.0. The van der Waals surface area contributed by atoms with Crippen molar-refractivity contribution in [2.75, 3.05) is 19.5 Å². The average molecular weight is 384 g/mol. The van der Waals surface area contributed by atoms with Crippen molar-refractivity contribution in [1.29, 1.82) is 0 Å². The predicted octanol–water partition coefficient (Wildman–Crippen LogP) is 2.87. The highest BCUT2D eigenvalue weighted by Crippen LogP contribution is 2.14. The van der Waals surface area contributed by atoms with Crippen LogP contribution in [0.3, 0.4) is 0 Å². The van der Waals surface area contributed by atoms with Crippen molar-refractivity contribution in [2.24, 2.45) is 5.92 Å². The minimum Gasteiger partial charge on any atom is -0.497 e. The van der Waals surface area contributed by atoms with Crippen molar-refractivity contribution in [3.05, 3.63) is 59.7 Å². The molecule has 28 heavy (non-hydrogen) atoms. The number of carbonyl (C=O) groups is 3. The summed E-state index contributed by atoms with van der Waals surface area (Å²) in [6, 6.07) is 12.2. The monoisotopic (exact) mass is 384 g/mol. The molecule has 148 valence electrons. The van der Waals surface area contributed by atoms with E-state index in [2.05, 4.69) is 15.4 Å². The first kappa shape index (κ1) is 21.0. The molecular weight excluding hydrogens is 360 g/mol. The predicted molar refractivity (Wildman–Crippen MR) is 105 cm³/mol. The molecule has 0 aliphatic heterocycles. The highest BCUT2D eigenvalue weighted by molar-refractivity contribution is 6.01. The van der Waals surface area contributed by atoms with Gasteiger partial charge in [-0.2, -0.15) is 0 Å². The van der Waals surface area contributed by atoms with Gasteiger partial charge < -0.3 is 20.1 Å². The summed E-state index contributed by atoms with van der Waals surface area (Å²) in [6.07, 6.45) is 0. The summed E-state index contributed by atoms with van der Waals surface area (Å²) >= 11 is 0. The molecule has 0 fully saturated rings. The van der Waals surface area contributed by atoms with Gasteiger partial charge in [-0.3, -0.25) is 9.59 Å². The summed E-state index contributed by atoms with van der Waals surface area (Å²) in [4.78, 5) is 36.6. The number of benzene rings is 2. The third-order valence-electron chi connectivity index (χ3n) is 4.16. The van der Waals surface area contributed by atoms with Crippen LogP contribution in [-0.4, -0.2) is 38.0 Å². The number of nitrogens with one attached hydrogen (secondary N) is 2. The van der Waals surface area contributed by atoms with Gasteiger partial charge in [-0.1, -0.05) is 13.8 Å². The summed E-state index contributed by atoms with van der Waals surface area (Å²) in [6.45, 7) is 3.69. The first-order valence-electron chi connectivity index (χ1n) is 8.80. The standard InChI is InChI=1S/C21H24N2O5/c1-13(2)18(23-19(24)14-7-11-17(27-3)12-8-14)20(25)22-16-9-5-15(6-10-16)21(26)28-4/h5-13,18H,1-4H3,(H,22,25)(H,23,24)/t18-/m0/s1. The zero-order valence-electron chi connectivity index (χ0n) is 16.3. The number of hydrogen-bond donors (Lipinski definition) is 2. The Hall–Kier alpha value is -3.35. The lowest BCUT2D eigenvalue weighted by Gasteiger charge is -2.22. The Balaban J connectivity index is 2.06. The van der Waals surface area contributed by atoms with Gasteiger partial charge in [-0.15, -0.1) is 0 Å². The molecule has 2 amide bonds. The summed E-state index contributed by atoms with van der Waals surface area (Å²) in [7, 11) is 2.85. The van der Waals surface area contributed by atoms with E-state index in [1.165, 1.54) is 7.11 Å². The van der Waals surface area contributed by atoms with Gasteiger partial charge in [-0.25, -0.2) is 4.79 Å². The van der Waals surface area contributed by atoms with Crippen molar-refractivity contribution in [2.45, 2.75) is 19.9 Å². The molecule has 0 saturated heterocycles. The van der Waals surface area contributed by atoms with E-state index in [1.54, 1.807) is 55.6 Å². The topological polar surface area (TPSA) is 93.7 Å². The van der Waals surface area contributed by atoms with E-state index in [4.69, 9.17) is 4.74 Å². The van der Waals surface area contributed by atoms with Crippen molar-refractivity contribution in [3.63, 3.8) is 0 Å². The van der Waals surface area contributed by atoms with Crippen molar-refractivity contribution >= 4 is 23.5 Å². The first-order valence-corrected chi connectivity index (χ1v) is 8.80. The highest BCUT2D eigenvalue weighted by atomic mass is 16.5. The van der Waals surface area contributed by atoms with E-state index >= 15 is 0 Å². The van der Waals surface area contributed by atoms with Crippen LogP contribution in [-0.2, 0) is 9.53 Å². The number of hydrogen-bond acceptors (Lipinski definition) is 5. The minimum absolute atomic E-state index is 0.128. The zero-order valence-corrected chi connectivity index (χ0v) is 16.3. The molecule has 1 atom stereocenters. The van der Waals surface area contributed by atoms with Gasteiger partial charge in [0.25, 0.3) is 5.91 Å². The summed E-state index contributed by atoms with van der Waals surface area (Å²) in [5.74, 6) is -0.633. The maximum atomic E-state index is 12.7. The molecule has 2 N–H and O–H groups in total. The molecule has 0 saturated carbocycles. The van der Waals surface area contributed by atoms with Crippen LogP contribution in [0.15, 0.2) is 48.5 Å². The Bertz CT molecular complexity index is 829. The van der Waals surface area contributed by atoms with Gasteiger partial charge >= 0.3 is 5.97 Å². The third kappa shape index (κ3) is 5.33. The third-order valence-corrected chi connectivity index (χ3v) is 4.16. The summed E-state index contributed by atoms with van der Waals surface area (Å²) < 4.78 is 9.72. The molecule has 2 rings (SSSR count). The fourth-order valence-electron chi connectivity index (χ4n) is 2.53. The molecule has 0 bridgehead atoms. The van der Waals surface area contributed by atoms with Crippen molar-refractivity contribution < 1.29 is 23.9 Å². The molecule has 7 nitrogen and oxygen atoms in total. The quantitative estimate of drug-likeness (QED) is 0.716. The fourth-order valence-corrected chi connectivity index (χ4v) is 2.53. The number of anilines is 1. The normalized spacial score (nSPS) is 11.5. The van der Waals surface area contributed by atoms with Crippen molar-refractivity contribution in [1.82, 2.24) is 5.32 Å². The van der Waals surface area contributed by atoms with Crippen LogP contribution >= 0.6 is 0 Å². The van der Waals surface area contributed by atoms with Gasteiger partial charge in [-0.05, 0) is 54.4 Å². The van der Waals surface area contributed by atoms with Gasteiger partial charge in [0, 0.05) is 11.3 Å². The number of esters is 1. The molecule has 7 heteroatoms. The van der Waals surface area contributed by atoms with Crippen LogP contribution in [0.1, 0.15) is 34.6 Å². The molecule has 0 radical (unpaired) electrons. The lowest BCUT2D eigenvalue weighted by molar-refractivity contribution is -0.118. The van der Waals surface area contributed by atoms with Gasteiger partial charge in [0.15, 0.2) is 0 Å². The molecule has 0 spiro atoms. The Morgan fingerprint density at radius 1 is 0.857 bits per heavy atom. The Kier molecular flexibility index (Phi) is 7.14. The Morgan fingerprint density at radius 3 is 1.93 bits per heavy atom. The van der Waals surface area contributed by atoms with E-state index in [1.807, 2.05) is 13.8 Å². The van der Waals surface area contributed by atoms with E-state index in [0.29, 0.717) is 22.6 Å². The van der Waals surface area contributed by atoms with E-state index in [9.17, 15) is 14.4 Å². The number of ether oxygens (including phenoxy) is 2. The number of rotatable bonds is 7. The Labute approximate surface area is 164 Å². The minimum atomic E-state index is -0.727. The van der Waals surface area contributed by atoms with Crippen LogP contribution in [0.25, 0.3) is 0 Å². The molecule has 0 aromatic heterocycles. The fraction of sp³-hybridized carbons (Fsp3) is 0.286. The van der Waals surface area contributed by atoms with Gasteiger partial charge in [0.1, 0.15) is 11.8 Å². The molecule has 0 unspecified atom stereocenters. The summed E-state index contributed by atoms with van der Waals surface area (Å²) in [5.41, 5.74) is 1.33. The highest BCUT2D eigenvalue weighted by Gasteiger charge is 2.25. The van der Waals surface area contributed by atoms with Crippen LogP contribution in [0.5, 0.6) is 5.75 Å². The smallest absolute Gasteiger partial charge is 0.337 e. The van der Waals surface area contributed by atoms with Crippen LogP contribution < -0.4 is 15.4 Å². The lowest BCUT2D eigenvalue weighted by Crippen LogP contribution is -2.47. The number of methoxy groups -OCH3 is 2. The second kappa shape index (κ2) is 9.55. The van der Waals surface area contributed by atoms with E-state index < -0.39 is 12.0 Å². The number of carbonyl (C=O) groups excluding carboxylic acids is 3. The second-order valence-electron chi connectivity index (χ2n) is 6.48. The van der Waals surface area contributed by atoms with E-state index in [0.717, 1.165) is 0 Å². The molecule has 2 aromatic rings. The van der Waals surface area contributed by atoms with Gasteiger partial charge in [0.05, 0.1) is 19.8 Å². The van der Waals surface area contributed by atoms with Crippen LogP contribution in [0.2, 0.25) is 0 Å². The molecular formula is C21H24N2O5. The molecule has 0 aliphatic rings. The maximum absolute atomic E-state index is 12.7. The van der Waals surface area contributed by atoms with Crippen molar-refractivity contribution in [3.8, 4) is 5.75 Å². The Morgan fingerprint density at radius 2 is 1.43 bits per heavy atom. The molecule has 0 heterocycles. The first-order chi connectivity index (χ1) is 13.3. The van der Waals surface area contributed by atoms with Crippen LogP contribution in [0, 0.1) is 5.92 Å². The SMILES string of the molecule is COC(=O)c1ccc(NC(=O)[C@@H](NC(=O)c2ccc(OC)cc2)C(C)C)cc1. The molecule has 2 aromatic carbocycles. The maximum Gasteiger partial charge on any atom is 0.337 e. The second-order valence-corrected chi connectivity index (χ2v) is 6.48. The average Bonchev–Trinajstić information content (AvgIpc) is 2.71. The van der Waals surface area contributed by atoms with Crippen LogP contribution in [0.4, 0.5) is 5.69 Å².